The van der Waals surface area contributed by atoms with Crippen LogP contribution in [0.1, 0.15) is 5.56 Å². The number of hydrogen-bond acceptors (Lipinski definition) is 2. The maximum absolute atomic E-state index is 6.00. The van der Waals surface area contributed by atoms with E-state index in [4.69, 9.17) is 32.7 Å². The van der Waals surface area contributed by atoms with Crippen molar-refractivity contribution < 1.29 is 9.47 Å². The highest BCUT2D eigenvalue weighted by Crippen LogP contribution is 2.37. The molecular weight excluding hydrogens is 211 g/mol. The molecule has 0 fully saturated rings. The van der Waals surface area contributed by atoms with E-state index in [-0.39, 0.29) is 0 Å². The van der Waals surface area contributed by atoms with Gasteiger partial charge in [-0.15, -0.1) is 11.6 Å². The number of rotatable bonds is 3. The van der Waals surface area contributed by atoms with Crippen molar-refractivity contribution >= 4 is 23.2 Å². The Morgan fingerprint density at radius 1 is 1.23 bits per heavy atom. The number of halogens is 2. The Morgan fingerprint density at radius 2 is 1.92 bits per heavy atom. The molecule has 0 N–H and O–H groups in total. The molecular formula is C9H10Cl2O2. The molecule has 0 radical (unpaired) electrons. The van der Waals surface area contributed by atoms with E-state index in [0.717, 1.165) is 5.56 Å². The third-order valence-corrected chi connectivity index (χ3v) is 2.41. The summed E-state index contributed by atoms with van der Waals surface area (Å²) in [6.45, 7) is 0. The minimum atomic E-state index is 0.360. The zero-order valence-electron chi connectivity index (χ0n) is 7.43. The molecule has 2 nitrogen and oxygen atoms in total. The third-order valence-electron chi connectivity index (χ3n) is 1.71. The summed E-state index contributed by atoms with van der Waals surface area (Å²) in [5, 5.41) is 0.511. The molecule has 0 heterocycles. The van der Waals surface area contributed by atoms with Crippen LogP contribution in [0.15, 0.2) is 12.1 Å². The van der Waals surface area contributed by atoms with Crippen LogP contribution in [-0.4, -0.2) is 14.2 Å². The van der Waals surface area contributed by atoms with E-state index in [0.29, 0.717) is 22.4 Å². The van der Waals surface area contributed by atoms with E-state index in [1.54, 1.807) is 20.3 Å². The molecule has 0 unspecified atom stereocenters. The maximum atomic E-state index is 6.00. The Bertz CT molecular complexity index is 300. The van der Waals surface area contributed by atoms with Crippen LogP contribution in [0.2, 0.25) is 5.02 Å². The molecule has 0 aliphatic heterocycles. The number of benzene rings is 1. The van der Waals surface area contributed by atoms with Crippen molar-refractivity contribution in [1.82, 2.24) is 0 Å². The van der Waals surface area contributed by atoms with Gasteiger partial charge in [0.25, 0.3) is 0 Å². The summed E-state index contributed by atoms with van der Waals surface area (Å²) in [6.07, 6.45) is 0. The predicted molar refractivity (Wildman–Crippen MR) is 54.1 cm³/mol. The highest BCUT2D eigenvalue weighted by molar-refractivity contribution is 6.33. The highest BCUT2D eigenvalue weighted by atomic mass is 35.5. The lowest BCUT2D eigenvalue weighted by atomic mass is 10.2. The second-order valence-electron chi connectivity index (χ2n) is 2.41. The van der Waals surface area contributed by atoms with Gasteiger partial charge < -0.3 is 9.47 Å². The largest absolute Gasteiger partial charge is 0.493 e. The van der Waals surface area contributed by atoms with Crippen molar-refractivity contribution in [2.45, 2.75) is 5.88 Å². The fourth-order valence-corrected chi connectivity index (χ4v) is 1.62. The maximum Gasteiger partial charge on any atom is 0.179 e. The first-order valence-electron chi connectivity index (χ1n) is 3.70. The van der Waals surface area contributed by atoms with E-state index >= 15 is 0 Å². The second kappa shape index (κ2) is 4.58. The summed E-state index contributed by atoms with van der Waals surface area (Å²) in [4.78, 5) is 0. The molecule has 0 aliphatic rings. The van der Waals surface area contributed by atoms with Crippen LogP contribution < -0.4 is 9.47 Å². The van der Waals surface area contributed by atoms with Gasteiger partial charge in [0.2, 0.25) is 0 Å². The first-order chi connectivity index (χ1) is 6.24. The Labute approximate surface area is 87.4 Å². The van der Waals surface area contributed by atoms with Crippen molar-refractivity contribution in [1.29, 1.82) is 0 Å². The summed E-state index contributed by atoms with van der Waals surface area (Å²) in [6, 6.07) is 3.60. The average Bonchev–Trinajstić information content (AvgIpc) is 2.17. The molecule has 4 heteroatoms. The molecule has 0 spiro atoms. The van der Waals surface area contributed by atoms with E-state index < -0.39 is 0 Å². The molecule has 72 valence electrons. The van der Waals surface area contributed by atoms with Gasteiger partial charge in [-0.3, -0.25) is 0 Å². The van der Waals surface area contributed by atoms with Crippen LogP contribution in [0.4, 0.5) is 0 Å². The van der Waals surface area contributed by atoms with Crippen LogP contribution in [0.5, 0.6) is 11.5 Å². The Hall–Kier alpha value is -0.600. The summed E-state index contributed by atoms with van der Waals surface area (Å²) < 4.78 is 10.2. The molecule has 13 heavy (non-hydrogen) atoms. The van der Waals surface area contributed by atoms with Gasteiger partial charge in [0.05, 0.1) is 19.2 Å². The van der Waals surface area contributed by atoms with Gasteiger partial charge in [0.1, 0.15) is 0 Å². The van der Waals surface area contributed by atoms with Crippen molar-refractivity contribution in [3.8, 4) is 11.5 Å². The van der Waals surface area contributed by atoms with E-state index in [9.17, 15) is 0 Å². The normalized spacial score (nSPS) is 9.85. The van der Waals surface area contributed by atoms with E-state index in [2.05, 4.69) is 0 Å². The summed E-state index contributed by atoms with van der Waals surface area (Å²) in [5.41, 5.74) is 0.834. The standard InChI is InChI=1S/C9H10Cl2O2/c1-12-7-4-3-6(5-10)8(11)9(7)13-2/h3-4H,5H2,1-2H3. The number of hydrogen-bond donors (Lipinski definition) is 0. The molecule has 0 saturated carbocycles. The van der Waals surface area contributed by atoms with Crippen LogP contribution in [0.3, 0.4) is 0 Å². The van der Waals surface area contributed by atoms with Gasteiger partial charge in [-0.2, -0.15) is 0 Å². The van der Waals surface area contributed by atoms with Crippen molar-refractivity contribution in [3.63, 3.8) is 0 Å². The lowest BCUT2D eigenvalue weighted by Gasteiger charge is -2.10. The molecule has 0 saturated heterocycles. The minimum absolute atomic E-state index is 0.360. The van der Waals surface area contributed by atoms with E-state index in [1.165, 1.54) is 0 Å². The second-order valence-corrected chi connectivity index (χ2v) is 3.05. The SMILES string of the molecule is COc1ccc(CCl)c(Cl)c1OC. The Balaban J connectivity index is 3.23. The van der Waals surface area contributed by atoms with Gasteiger partial charge in [-0.25, -0.2) is 0 Å². The summed E-state index contributed by atoms with van der Waals surface area (Å²) in [5.74, 6) is 1.50. The van der Waals surface area contributed by atoms with Gasteiger partial charge in [0, 0.05) is 5.88 Å². The monoisotopic (exact) mass is 220 g/mol. The molecule has 1 aromatic rings. The highest BCUT2D eigenvalue weighted by Gasteiger charge is 2.11. The number of methoxy groups -OCH3 is 2. The van der Waals surface area contributed by atoms with Crippen LogP contribution >= 0.6 is 23.2 Å². The van der Waals surface area contributed by atoms with Crippen molar-refractivity contribution in [3.05, 3.63) is 22.7 Å². The first-order valence-corrected chi connectivity index (χ1v) is 4.61. The van der Waals surface area contributed by atoms with Crippen molar-refractivity contribution in [2.24, 2.45) is 0 Å². The summed E-state index contributed by atoms with van der Waals surface area (Å²) in [7, 11) is 3.11. The molecule has 0 bridgehead atoms. The molecule has 1 aromatic carbocycles. The van der Waals surface area contributed by atoms with Crippen LogP contribution in [0.25, 0.3) is 0 Å². The Morgan fingerprint density at radius 3 is 2.38 bits per heavy atom. The van der Waals surface area contributed by atoms with Gasteiger partial charge in [-0.05, 0) is 11.6 Å². The fourth-order valence-electron chi connectivity index (χ4n) is 1.03. The van der Waals surface area contributed by atoms with E-state index in [1.807, 2.05) is 6.07 Å². The minimum Gasteiger partial charge on any atom is -0.493 e. The number of ether oxygens (including phenoxy) is 2. The van der Waals surface area contributed by atoms with Crippen molar-refractivity contribution in [2.75, 3.05) is 14.2 Å². The molecule has 0 aliphatic carbocycles. The smallest absolute Gasteiger partial charge is 0.179 e. The van der Waals surface area contributed by atoms with Gasteiger partial charge >= 0.3 is 0 Å². The lowest BCUT2D eigenvalue weighted by molar-refractivity contribution is 0.355. The molecule has 0 amide bonds. The van der Waals surface area contributed by atoms with Gasteiger partial charge in [-0.1, -0.05) is 17.7 Å². The first kappa shape index (κ1) is 10.5. The zero-order valence-corrected chi connectivity index (χ0v) is 8.95. The number of alkyl halides is 1. The predicted octanol–water partition coefficient (Wildman–Crippen LogP) is 3.10. The van der Waals surface area contributed by atoms with Crippen LogP contribution in [0, 0.1) is 0 Å². The van der Waals surface area contributed by atoms with Gasteiger partial charge in [0.15, 0.2) is 11.5 Å². The quantitative estimate of drug-likeness (QED) is 0.730. The Kier molecular flexibility index (Phi) is 3.70. The summed E-state index contributed by atoms with van der Waals surface area (Å²) >= 11 is 11.7. The lowest BCUT2D eigenvalue weighted by Crippen LogP contribution is -1.93. The molecule has 1 rings (SSSR count). The molecule has 0 atom stereocenters. The topological polar surface area (TPSA) is 18.5 Å². The third kappa shape index (κ3) is 2.01. The average molecular weight is 221 g/mol. The fraction of sp³-hybridized carbons (Fsp3) is 0.333. The van der Waals surface area contributed by atoms with Crippen LogP contribution in [-0.2, 0) is 5.88 Å². The molecule has 0 aromatic heterocycles. The zero-order chi connectivity index (χ0) is 9.84.